The Balaban J connectivity index is 2.14. The third-order valence-electron chi connectivity index (χ3n) is 3.92. The number of hydrogen-bond acceptors (Lipinski definition) is 2. The van der Waals surface area contributed by atoms with Crippen LogP contribution in [0.15, 0.2) is 60.7 Å². The Bertz CT molecular complexity index is 729. The van der Waals surface area contributed by atoms with Crippen molar-refractivity contribution in [3.8, 4) is 10.4 Å². The quantitative estimate of drug-likeness (QED) is 0.584. The molecule has 0 aliphatic carbocycles. The third-order valence-corrected chi connectivity index (χ3v) is 4.95. The standard InChI is InChI=1S/C20H21NS/c1-14(2)18(16-10-6-4-7-11-16)19-20(22-15(3)21-19)17-12-8-5-9-13-17/h4-14,18H,1-3H3. The molecule has 3 aromatic rings. The second-order valence-corrected chi connectivity index (χ2v) is 7.15. The lowest BCUT2D eigenvalue weighted by Crippen LogP contribution is -2.10. The van der Waals surface area contributed by atoms with Crippen molar-refractivity contribution in [1.82, 2.24) is 4.98 Å². The van der Waals surface area contributed by atoms with Crippen molar-refractivity contribution in [3.05, 3.63) is 76.9 Å². The summed E-state index contributed by atoms with van der Waals surface area (Å²) in [7, 11) is 0. The Morgan fingerprint density at radius 3 is 2.05 bits per heavy atom. The van der Waals surface area contributed by atoms with Gasteiger partial charge in [0.05, 0.1) is 15.6 Å². The van der Waals surface area contributed by atoms with Crippen LogP contribution in [0.5, 0.6) is 0 Å². The van der Waals surface area contributed by atoms with Crippen molar-refractivity contribution in [2.45, 2.75) is 26.7 Å². The van der Waals surface area contributed by atoms with E-state index in [1.807, 2.05) is 0 Å². The summed E-state index contributed by atoms with van der Waals surface area (Å²) in [5.74, 6) is 0.840. The predicted molar refractivity (Wildman–Crippen MR) is 95.4 cm³/mol. The summed E-state index contributed by atoms with van der Waals surface area (Å²) < 4.78 is 0. The van der Waals surface area contributed by atoms with Crippen LogP contribution in [0.3, 0.4) is 0 Å². The van der Waals surface area contributed by atoms with Crippen molar-refractivity contribution in [2.24, 2.45) is 5.92 Å². The van der Waals surface area contributed by atoms with E-state index in [2.05, 4.69) is 81.4 Å². The molecule has 1 heterocycles. The van der Waals surface area contributed by atoms with Gasteiger partial charge in [-0.25, -0.2) is 4.98 Å². The van der Waals surface area contributed by atoms with Crippen LogP contribution in [0.4, 0.5) is 0 Å². The van der Waals surface area contributed by atoms with E-state index in [1.165, 1.54) is 21.7 Å². The van der Waals surface area contributed by atoms with Crippen LogP contribution in [0.25, 0.3) is 10.4 Å². The first-order valence-corrected chi connectivity index (χ1v) is 8.56. The number of thiazole rings is 1. The number of aromatic nitrogens is 1. The summed E-state index contributed by atoms with van der Waals surface area (Å²) in [5, 5.41) is 1.13. The van der Waals surface area contributed by atoms with E-state index in [0.717, 1.165) is 5.01 Å². The molecule has 112 valence electrons. The zero-order chi connectivity index (χ0) is 15.5. The average Bonchev–Trinajstić information content (AvgIpc) is 2.90. The summed E-state index contributed by atoms with van der Waals surface area (Å²) in [6.45, 7) is 6.66. The lowest BCUT2D eigenvalue weighted by atomic mass is 9.84. The van der Waals surface area contributed by atoms with Crippen LogP contribution in [0, 0.1) is 12.8 Å². The van der Waals surface area contributed by atoms with Crippen molar-refractivity contribution in [1.29, 1.82) is 0 Å². The van der Waals surface area contributed by atoms with Crippen molar-refractivity contribution < 1.29 is 0 Å². The van der Waals surface area contributed by atoms with Gasteiger partial charge in [0.1, 0.15) is 0 Å². The van der Waals surface area contributed by atoms with Crippen LogP contribution in [-0.4, -0.2) is 4.98 Å². The zero-order valence-electron chi connectivity index (χ0n) is 13.3. The highest BCUT2D eigenvalue weighted by Gasteiger charge is 2.25. The maximum atomic E-state index is 4.90. The normalized spacial score (nSPS) is 12.5. The van der Waals surface area contributed by atoms with Gasteiger partial charge in [-0.05, 0) is 24.0 Å². The molecule has 0 N–H and O–H groups in total. The Hall–Kier alpha value is -1.93. The summed E-state index contributed by atoms with van der Waals surface area (Å²) in [6.07, 6.45) is 0. The summed E-state index contributed by atoms with van der Waals surface area (Å²) >= 11 is 1.80. The first-order chi connectivity index (χ1) is 10.7. The van der Waals surface area contributed by atoms with Gasteiger partial charge in [-0.2, -0.15) is 0 Å². The topological polar surface area (TPSA) is 12.9 Å². The minimum atomic E-state index is 0.335. The monoisotopic (exact) mass is 307 g/mol. The average molecular weight is 307 g/mol. The van der Waals surface area contributed by atoms with Crippen LogP contribution in [0.2, 0.25) is 0 Å². The molecule has 1 aromatic heterocycles. The number of aryl methyl sites for hydroxylation is 1. The summed E-state index contributed by atoms with van der Waals surface area (Å²) in [5.41, 5.74) is 3.83. The molecule has 0 fully saturated rings. The molecule has 1 nitrogen and oxygen atoms in total. The molecular formula is C20H21NS. The lowest BCUT2D eigenvalue weighted by Gasteiger charge is -2.21. The second-order valence-electron chi connectivity index (χ2n) is 5.95. The summed E-state index contributed by atoms with van der Waals surface area (Å²) in [6, 6.07) is 21.4. The van der Waals surface area contributed by atoms with E-state index in [1.54, 1.807) is 11.3 Å². The van der Waals surface area contributed by atoms with Gasteiger partial charge in [0, 0.05) is 5.92 Å². The Labute approximate surface area is 136 Å². The highest BCUT2D eigenvalue weighted by Crippen LogP contribution is 2.40. The number of hydrogen-bond donors (Lipinski definition) is 0. The van der Waals surface area contributed by atoms with E-state index in [0.29, 0.717) is 11.8 Å². The second kappa shape index (κ2) is 6.45. The predicted octanol–water partition coefficient (Wildman–Crippen LogP) is 5.91. The molecule has 2 heteroatoms. The number of benzene rings is 2. The molecule has 1 atom stereocenters. The summed E-state index contributed by atoms with van der Waals surface area (Å²) in [4.78, 5) is 6.21. The maximum Gasteiger partial charge on any atom is 0.0904 e. The molecule has 0 saturated heterocycles. The molecule has 0 spiro atoms. The fourth-order valence-electron chi connectivity index (χ4n) is 2.97. The zero-order valence-corrected chi connectivity index (χ0v) is 14.1. The molecule has 22 heavy (non-hydrogen) atoms. The minimum absolute atomic E-state index is 0.335. The van der Waals surface area contributed by atoms with Gasteiger partial charge in [-0.15, -0.1) is 11.3 Å². The number of rotatable bonds is 4. The van der Waals surface area contributed by atoms with Crippen molar-refractivity contribution in [3.63, 3.8) is 0 Å². The SMILES string of the molecule is Cc1nc(C(c2ccccc2)C(C)C)c(-c2ccccc2)s1. The molecule has 0 aliphatic rings. The highest BCUT2D eigenvalue weighted by atomic mass is 32.1. The molecule has 0 saturated carbocycles. The van der Waals surface area contributed by atoms with Gasteiger partial charge in [0.25, 0.3) is 0 Å². The van der Waals surface area contributed by atoms with Crippen LogP contribution >= 0.6 is 11.3 Å². The van der Waals surface area contributed by atoms with E-state index >= 15 is 0 Å². The van der Waals surface area contributed by atoms with Gasteiger partial charge in [0.15, 0.2) is 0 Å². The first kappa shape index (κ1) is 15.0. The Morgan fingerprint density at radius 2 is 1.45 bits per heavy atom. The van der Waals surface area contributed by atoms with E-state index in [9.17, 15) is 0 Å². The van der Waals surface area contributed by atoms with Gasteiger partial charge < -0.3 is 0 Å². The maximum absolute atomic E-state index is 4.90. The fourth-order valence-corrected chi connectivity index (χ4v) is 3.94. The third kappa shape index (κ3) is 2.97. The van der Waals surface area contributed by atoms with Crippen molar-refractivity contribution in [2.75, 3.05) is 0 Å². The van der Waals surface area contributed by atoms with E-state index in [-0.39, 0.29) is 0 Å². The smallest absolute Gasteiger partial charge is 0.0904 e. The van der Waals surface area contributed by atoms with Crippen LogP contribution in [0.1, 0.15) is 36.0 Å². The fraction of sp³-hybridized carbons (Fsp3) is 0.250. The highest BCUT2D eigenvalue weighted by molar-refractivity contribution is 7.15. The molecule has 0 bridgehead atoms. The number of nitrogens with zero attached hydrogens (tertiary/aromatic N) is 1. The van der Waals surface area contributed by atoms with Gasteiger partial charge in [0.2, 0.25) is 0 Å². The van der Waals surface area contributed by atoms with Crippen LogP contribution in [-0.2, 0) is 0 Å². The first-order valence-electron chi connectivity index (χ1n) is 7.74. The van der Waals surface area contributed by atoms with E-state index < -0.39 is 0 Å². The van der Waals surface area contributed by atoms with Crippen LogP contribution < -0.4 is 0 Å². The molecule has 0 amide bonds. The molecule has 2 aromatic carbocycles. The van der Waals surface area contributed by atoms with E-state index in [4.69, 9.17) is 4.98 Å². The van der Waals surface area contributed by atoms with Gasteiger partial charge in [-0.1, -0.05) is 74.5 Å². The molecule has 1 unspecified atom stereocenters. The molecular weight excluding hydrogens is 286 g/mol. The van der Waals surface area contributed by atoms with Gasteiger partial charge >= 0.3 is 0 Å². The Morgan fingerprint density at radius 1 is 0.864 bits per heavy atom. The van der Waals surface area contributed by atoms with Gasteiger partial charge in [-0.3, -0.25) is 0 Å². The molecule has 0 radical (unpaired) electrons. The largest absolute Gasteiger partial charge is 0.245 e. The minimum Gasteiger partial charge on any atom is -0.245 e. The molecule has 0 aliphatic heterocycles. The lowest BCUT2D eigenvalue weighted by molar-refractivity contribution is 0.555. The molecule has 3 rings (SSSR count). The van der Waals surface area contributed by atoms with Crippen molar-refractivity contribution >= 4 is 11.3 Å². The Kier molecular flexibility index (Phi) is 4.39.